The monoisotopic (exact) mass is 263 g/mol. The number of rotatable bonds is 5. The number of anilines is 1. The van der Waals surface area contributed by atoms with Crippen molar-refractivity contribution in [1.29, 1.82) is 0 Å². The Bertz CT molecular complexity index is 495. The summed E-state index contributed by atoms with van der Waals surface area (Å²) in [6.07, 6.45) is 0. The molecular formula is C14H21N3O2. The van der Waals surface area contributed by atoms with Crippen molar-refractivity contribution >= 4 is 17.5 Å². The molecule has 0 atom stereocenters. The predicted molar refractivity (Wildman–Crippen MR) is 76.0 cm³/mol. The van der Waals surface area contributed by atoms with Crippen molar-refractivity contribution < 1.29 is 9.59 Å². The molecule has 2 amide bonds. The van der Waals surface area contributed by atoms with Crippen molar-refractivity contribution in [2.24, 2.45) is 11.1 Å². The highest BCUT2D eigenvalue weighted by Gasteiger charge is 2.25. The molecule has 0 saturated heterocycles. The number of nitrogens with two attached hydrogens (primary N) is 1. The van der Waals surface area contributed by atoms with Crippen LogP contribution in [0.5, 0.6) is 0 Å². The molecule has 1 aromatic rings. The molecule has 0 aliphatic carbocycles. The average Bonchev–Trinajstić information content (AvgIpc) is 2.35. The van der Waals surface area contributed by atoms with E-state index in [1.165, 1.54) is 0 Å². The first kappa shape index (κ1) is 15.0. The first-order valence-electron chi connectivity index (χ1n) is 6.14. The van der Waals surface area contributed by atoms with Crippen molar-refractivity contribution in [1.82, 2.24) is 5.32 Å². The van der Waals surface area contributed by atoms with Crippen LogP contribution < -0.4 is 16.4 Å². The van der Waals surface area contributed by atoms with Crippen LogP contribution in [-0.4, -0.2) is 25.4 Å². The summed E-state index contributed by atoms with van der Waals surface area (Å²) >= 11 is 0. The molecule has 0 spiro atoms. The summed E-state index contributed by atoms with van der Waals surface area (Å²) in [5.41, 5.74) is 7.04. The fourth-order valence-electron chi connectivity index (χ4n) is 1.58. The summed E-state index contributed by atoms with van der Waals surface area (Å²) in [7, 11) is 1.83. The highest BCUT2D eigenvalue weighted by molar-refractivity contribution is 5.95. The molecule has 104 valence electrons. The second kappa shape index (κ2) is 5.73. The maximum absolute atomic E-state index is 12.0. The SMILES string of the molecule is CNc1ccc(C(=O)NCC(C)(C)C(N)=O)cc1C. The summed E-state index contributed by atoms with van der Waals surface area (Å²) in [6, 6.07) is 5.40. The van der Waals surface area contributed by atoms with Gasteiger partial charge in [0.05, 0.1) is 5.41 Å². The van der Waals surface area contributed by atoms with Crippen molar-refractivity contribution in [3.05, 3.63) is 29.3 Å². The molecule has 0 radical (unpaired) electrons. The van der Waals surface area contributed by atoms with Crippen LogP contribution in [0.2, 0.25) is 0 Å². The topological polar surface area (TPSA) is 84.2 Å². The van der Waals surface area contributed by atoms with Gasteiger partial charge in [0, 0.05) is 24.8 Å². The van der Waals surface area contributed by atoms with Crippen LogP contribution in [-0.2, 0) is 4.79 Å². The number of carbonyl (C=O) groups is 2. The number of aryl methyl sites for hydroxylation is 1. The molecule has 4 N–H and O–H groups in total. The Hall–Kier alpha value is -2.04. The zero-order chi connectivity index (χ0) is 14.6. The number of nitrogens with one attached hydrogen (secondary N) is 2. The number of benzene rings is 1. The van der Waals surface area contributed by atoms with Gasteiger partial charge in [0.15, 0.2) is 0 Å². The highest BCUT2D eigenvalue weighted by atomic mass is 16.2. The van der Waals surface area contributed by atoms with Gasteiger partial charge >= 0.3 is 0 Å². The predicted octanol–water partition coefficient (Wildman–Crippen LogP) is 1.28. The Labute approximate surface area is 113 Å². The minimum Gasteiger partial charge on any atom is -0.388 e. The Balaban J connectivity index is 2.74. The lowest BCUT2D eigenvalue weighted by atomic mass is 9.92. The normalized spacial score (nSPS) is 10.9. The van der Waals surface area contributed by atoms with Gasteiger partial charge in [-0.2, -0.15) is 0 Å². The molecule has 1 rings (SSSR count). The minimum absolute atomic E-state index is 0.208. The Morgan fingerprint density at radius 1 is 1.32 bits per heavy atom. The third-order valence-corrected chi connectivity index (χ3v) is 3.12. The molecule has 0 bridgehead atoms. The third-order valence-electron chi connectivity index (χ3n) is 3.12. The summed E-state index contributed by atoms with van der Waals surface area (Å²) in [6.45, 7) is 5.54. The van der Waals surface area contributed by atoms with E-state index in [1.54, 1.807) is 26.0 Å². The van der Waals surface area contributed by atoms with Crippen LogP contribution in [0.3, 0.4) is 0 Å². The molecule has 0 heterocycles. The molecular weight excluding hydrogens is 242 g/mol. The standard InChI is InChI=1S/C14H21N3O2/c1-9-7-10(5-6-11(9)16-4)12(18)17-8-14(2,3)13(15)19/h5-7,16H,8H2,1-4H3,(H2,15,19)(H,17,18). The molecule has 5 nitrogen and oxygen atoms in total. The molecule has 0 aromatic heterocycles. The molecule has 5 heteroatoms. The van der Waals surface area contributed by atoms with E-state index < -0.39 is 11.3 Å². The number of amides is 2. The summed E-state index contributed by atoms with van der Waals surface area (Å²) in [5, 5.41) is 5.76. The van der Waals surface area contributed by atoms with Gasteiger partial charge in [-0.1, -0.05) is 0 Å². The van der Waals surface area contributed by atoms with Crippen LogP contribution in [0.4, 0.5) is 5.69 Å². The average molecular weight is 263 g/mol. The second-order valence-corrected chi connectivity index (χ2v) is 5.21. The summed E-state index contributed by atoms with van der Waals surface area (Å²) in [4.78, 5) is 23.2. The molecule has 0 aliphatic rings. The highest BCUT2D eigenvalue weighted by Crippen LogP contribution is 2.16. The van der Waals surface area contributed by atoms with Crippen LogP contribution in [0, 0.1) is 12.3 Å². The van der Waals surface area contributed by atoms with Gasteiger partial charge in [0.2, 0.25) is 5.91 Å². The molecule has 0 fully saturated rings. The maximum Gasteiger partial charge on any atom is 0.251 e. The Kier molecular flexibility index (Phi) is 4.53. The molecule has 0 aliphatic heterocycles. The van der Waals surface area contributed by atoms with E-state index >= 15 is 0 Å². The van der Waals surface area contributed by atoms with Gasteiger partial charge in [-0.25, -0.2) is 0 Å². The number of carbonyl (C=O) groups excluding carboxylic acids is 2. The molecule has 0 saturated carbocycles. The third kappa shape index (κ3) is 3.71. The molecule has 1 aromatic carbocycles. The van der Waals surface area contributed by atoms with Gasteiger partial charge < -0.3 is 16.4 Å². The second-order valence-electron chi connectivity index (χ2n) is 5.21. The van der Waals surface area contributed by atoms with Crippen LogP contribution >= 0.6 is 0 Å². The van der Waals surface area contributed by atoms with E-state index in [4.69, 9.17) is 5.73 Å². The lowest BCUT2D eigenvalue weighted by molar-refractivity contribution is -0.125. The van der Waals surface area contributed by atoms with E-state index in [-0.39, 0.29) is 12.5 Å². The van der Waals surface area contributed by atoms with Crippen LogP contribution in [0.15, 0.2) is 18.2 Å². The van der Waals surface area contributed by atoms with E-state index in [1.807, 2.05) is 20.0 Å². The lowest BCUT2D eigenvalue weighted by Gasteiger charge is -2.20. The van der Waals surface area contributed by atoms with E-state index in [9.17, 15) is 9.59 Å². The van der Waals surface area contributed by atoms with Crippen molar-refractivity contribution in [3.8, 4) is 0 Å². The van der Waals surface area contributed by atoms with Gasteiger partial charge in [-0.05, 0) is 44.5 Å². The van der Waals surface area contributed by atoms with Gasteiger partial charge in [-0.15, -0.1) is 0 Å². The molecule has 19 heavy (non-hydrogen) atoms. The zero-order valence-electron chi connectivity index (χ0n) is 11.8. The smallest absolute Gasteiger partial charge is 0.251 e. The van der Waals surface area contributed by atoms with E-state index in [2.05, 4.69) is 10.6 Å². The fraction of sp³-hybridized carbons (Fsp3) is 0.429. The lowest BCUT2D eigenvalue weighted by Crippen LogP contribution is -2.42. The van der Waals surface area contributed by atoms with Crippen molar-refractivity contribution in [2.45, 2.75) is 20.8 Å². The van der Waals surface area contributed by atoms with Gasteiger partial charge in [0.1, 0.15) is 0 Å². The number of hydrogen-bond acceptors (Lipinski definition) is 3. The first-order chi connectivity index (χ1) is 8.77. The fourth-order valence-corrected chi connectivity index (χ4v) is 1.58. The maximum atomic E-state index is 12.0. The van der Waals surface area contributed by atoms with Crippen LogP contribution in [0.25, 0.3) is 0 Å². The number of primary amides is 1. The van der Waals surface area contributed by atoms with E-state index in [0.29, 0.717) is 5.56 Å². The van der Waals surface area contributed by atoms with Crippen LogP contribution in [0.1, 0.15) is 29.8 Å². The zero-order valence-corrected chi connectivity index (χ0v) is 11.8. The first-order valence-corrected chi connectivity index (χ1v) is 6.14. The summed E-state index contributed by atoms with van der Waals surface area (Å²) in [5.74, 6) is -0.644. The summed E-state index contributed by atoms with van der Waals surface area (Å²) < 4.78 is 0. The van der Waals surface area contributed by atoms with E-state index in [0.717, 1.165) is 11.3 Å². The van der Waals surface area contributed by atoms with Crippen molar-refractivity contribution in [2.75, 3.05) is 18.9 Å². The largest absolute Gasteiger partial charge is 0.388 e. The molecule has 0 unspecified atom stereocenters. The minimum atomic E-state index is -0.754. The Morgan fingerprint density at radius 2 is 1.95 bits per heavy atom. The van der Waals surface area contributed by atoms with Gasteiger partial charge in [-0.3, -0.25) is 9.59 Å². The quantitative estimate of drug-likeness (QED) is 0.748. The Morgan fingerprint density at radius 3 is 2.42 bits per heavy atom. The van der Waals surface area contributed by atoms with Crippen molar-refractivity contribution in [3.63, 3.8) is 0 Å². The number of hydrogen-bond donors (Lipinski definition) is 3. The van der Waals surface area contributed by atoms with Gasteiger partial charge in [0.25, 0.3) is 5.91 Å².